The fourth-order valence-electron chi connectivity index (χ4n) is 5.74. The highest BCUT2D eigenvalue weighted by atomic mass is 16.5. The van der Waals surface area contributed by atoms with Crippen molar-refractivity contribution in [3.63, 3.8) is 0 Å². The number of benzene rings is 1. The number of carboxylic acid groups (broad SMARTS) is 1. The Labute approximate surface area is 213 Å². The molecule has 9 nitrogen and oxygen atoms in total. The van der Waals surface area contributed by atoms with E-state index in [1.807, 2.05) is 17.9 Å². The number of aryl methyl sites for hydroxylation is 1. The average Bonchev–Trinajstić information content (AvgIpc) is 3.56. The summed E-state index contributed by atoms with van der Waals surface area (Å²) in [4.78, 5) is 17.8. The SMILES string of the molecule is Cn1cc(-c2c(N3CCC(N4CCN(C(=O)O)CC4)CC3)cc(OC3CC3)c(N)c2C(C)(C)C)cn1. The summed E-state index contributed by atoms with van der Waals surface area (Å²) in [5.41, 5.74) is 11.9. The molecular weight excluding hydrogens is 456 g/mol. The monoisotopic (exact) mass is 496 g/mol. The van der Waals surface area contributed by atoms with Gasteiger partial charge in [0.15, 0.2) is 0 Å². The van der Waals surface area contributed by atoms with Crippen LogP contribution in [0.2, 0.25) is 0 Å². The van der Waals surface area contributed by atoms with Crippen LogP contribution in [0.25, 0.3) is 11.1 Å². The summed E-state index contributed by atoms with van der Waals surface area (Å²) in [5.74, 6) is 0.803. The summed E-state index contributed by atoms with van der Waals surface area (Å²) < 4.78 is 8.18. The number of ether oxygens (including phenoxy) is 1. The van der Waals surface area contributed by atoms with Crippen molar-refractivity contribution in [1.82, 2.24) is 19.6 Å². The Bertz CT molecular complexity index is 1100. The van der Waals surface area contributed by atoms with Crippen molar-refractivity contribution in [3.05, 3.63) is 24.0 Å². The summed E-state index contributed by atoms with van der Waals surface area (Å²) in [5, 5.41) is 13.8. The summed E-state index contributed by atoms with van der Waals surface area (Å²) in [7, 11) is 1.95. The van der Waals surface area contributed by atoms with Crippen molar-refractivity contribution in [2.75, 3.05) is 49.9 Å². The van der Waals surface area contributed by atoms with Gasteiger partial charge in [0.05, 0.1) is 18.0 Å². The molecule has 2 aromatic rings. The lowest BCUT2D eigenvalue weighted by Crippen LogP contribution is -2.54. The highest BCUT2D eigenvalue weighted by Gasteiger charge is 2.34. The standard InChI is InChI=1S/C27H40N6O3/c1-27(2,3)24-23(18-16-29-30(4)17-18)21(15-22(25(24)28)36-20-5-6-20)32-9-7-19(8-10-32)31-11-13-33(14-12-31)26(34)35/h15-17,19-20H,5-14,28H2,1-4H3,(H,34,35). The Morgan fingerprint density at radius 2 is 1.75 bits per heavy atom. The van der Waals surface area contributed by atoms with Gasteiger partial charge in [-0.25, -0.2) is 4.79 Å². The van der Waals surface area contributed by atoms with Gasteiger partial charge in [-0.15, -0.1) is 0 Å². The van der Waals surface area contributed by atoms with Crippen molar-refractivity contribution in [3.8, 4) is 16.9 Å². The van der Waals surface area contributed by atoms with Crippen LogP contribution < -0.4 is 15.4 Å². The normalized spacial score (nSPS) is 20.1. The number of aromatic nitrogens is 2. The number of amides is 1. The van der Waals surface area contributed by atoms with Crippen molar-refractivity contribution in [2.45, 2.75) is 64.0 Å². The molecule has 196 valence electrons. The zero-order valence-corrected chi connectivity index (χ0v) is 22.0. The number of anilines is 2. The molecule has 2 saturated heterocycles. The zero-order chi connectivity index (χ0) is 25.6. The van der Waals surface area contributed by atoms with E-state index in [1.54, 1.807) is 0 Å². The highest BCUT2D eigenvalue weighted by molar-refractivity contribution is 5.89. The Morgan fingerprint density at radius 1 is 1.08 bits per heavy atom. The van der Waals surface area contributed by atoms with E-state index in [9.17, 15) is 9.90 Å². The maximum atomic E-state index is 11.3. The van der Waals surface area contributed by atoms with E-state index in [2.05, 4.69) is 47.9 Å². The summed E-state index contributed by atoms with van der Waals surface area (Å²) in [6.45, 7) is 11.3. The molecule has 0 bridgehead atoms. The first-order valence-electron chi connectivity index (χ1n) is 13.2. The molecule has 3 N–H and O–H groups in total. The van der Waals surface area contributed by atoms with Crippen molar-refractivity contribution >= 4 is 17.5 Å². The number of nitrogens with zero attached hydrogens (tertiary/aromatic N) is 5. The Morgan fingerprint density at radius 3 is 2.28 bits per heavy atom. The molecule has 5 rings (SSSR count). The first-order chi connectivity index (χ1) is 17.1. The van der Waals surface area contributed by atoms with E-state index in [0.717, 1.165) is 80.0 Å². The number of nitrogen functional groups attached to an aromatic ring is 1. The lowest BCUT2D eigenvalue weighted by Gasteiger charge is -2.43. The van der Waals surface area contributed by atoms with Gasteiger partial charge in [0.1, 0.15) is 5.75 Å². The maximum absolute atomic E-state index is 11.3. The molecule has 2 aliphatic heterocycles. The molecule has 0 radical (unpaired) electrons. The van der Waals surface area contributed by atoms with Crippen LogP contribution in [0, 0.1) is 0 Å². The first-order valence-corrected chi connectivity index (χ1v) is 13.2. The second-order valence-electron chi connectivity index (χ2n) is 11.6. The third kappa shape index (κ3) is 4.98. The van der Waals surface area contributed by atoms with E-state index in [0.29, 0.717) is 19.1 Å². The number of piperidine rings is 1. The highest BCUT2D eigenvalue weighted by Crippen LogP contribution is 2.49. The zero-order valence-electron chi connectivity index (χ0n) is 22.0. The fraction of sp³-hybridized carbons (Fsp3) is 0.630. The van der Waals surface area contributed by atoms with Crippen LogP contribution in [0.15, 0.2) is 18.5 Å². The van der Waals surface area contributed by atoms with Crippen LogP contribution >= 0.6 is 0 Å². The predicted molar refractivity (Wildman–Crippen MR) is 142 cm³/mol. The number of carbonyl (C=O) groups is 1. The predicted octanol–water partition coefficient (Wildman–Crippen LogP) is 3.77. The van der Waals surface area contributed by atoms with Crippen LogP contribution in [0.1, 0.15) is 52.0 Å². The van der Waals surface area contributed by atoms with Crippen LogP contribution in [0.4, 0.5) is 16.2 Å². The van der Waals surface area contributed by atoms with Gasteiger partial charge < -0.3 is 25.4 Å². The first kappa shape index (κ1) is 24.7. The minimum Gasteiger partial charge on any atom is -0.488 e. The van der Waals surface area contributed by atoms with Gasteiger partial charge in [-0.3, -0.25) is 9.58 Å². The quantitative estimate of drug-likeness (QED) is 0.608. The molecular formula is C27H40N6O3. The Hall–Kier alpha value is -2.94. The average molecular weight is 497 g/mol. The second-order valence-corrected chi connectivity index (χ2v) is 11.6. The minimum absolute atomic E-state index is 0.172. The third-order valence-electron chi connectivity index (χ3n) is 7.78. The Balaban J connectivity index is 1.45. The third-order valence-corrected chi connectivity index (χ3v) is 7.78. The number of hydrogen-bond acceptors (Lipinski definition) is 6. The molecule has 1 aromatic heterocycles. The van der Waals surface area contributed by atoms with Gasteiger partial charge in [-0.05, 0) is 36.7 Å². The maximum Gasteiger partial charge on any atom is 0.407 e. The van der Waals surface area contributed by atoms with Gasteiger partial charge in [-0.1, -0.05) is 20.8 Å². The lowest BCUT2D eigenvalue weighted by molar-refractivity contribution is 0.0775. The molecule has 1 amide bonds. The van der Waals surface area contributed by atoms with Gasteiger partial charge >= 0.3 is 6.09 Å². The summed E-state index contributed by atoms with van der Waals surface area (Å²) >= 11 is 0. The molecule has 9 heteroatoms. The molecule has 1 saturated carbocycles. The largest absolute Gasteiger partial charge is 0.488 e. The van der Waals surface area contributed by atoms with E-state index >= 15 is 0 Å². The molecule has 3 heterocycles. The molecule has 3 fully saturated rings. The smallest absolute Gasteiger partial charge is 0.407 e. The van der Waals surface area contributed by atoms with Gasteiger partial charge in [0, 0.05) is 81.4 Å². The van der Waals surface area contributed by atoms with Crippen molar-refractivity contribution in [2.24, 2.45) is 7.05 Å². The topological polar surface area (TPSA) is 100 Å². The molecule has 0 spiro atoms. The van der Waals surface area contributed by atoms with Gasteiger partial charge in [0.2, 0.25) is 0 Å². The fourth-order valence-corrected chi connectivity index (χ4v) is 5.74. The Kier molecular flexibility index (Phi) is 6.53. The molecule has 1 aliphatic carbocycles. The number of piperazine rings is 1. The number of nitrogens with two attached hydrogens (primary N) is 1. The van der Waals surface area contributed by atoms with E-state index in [-0.39, 0.29) is 11.5 Å². The van der Waals surface area contributed by atoms with E-state index < -0.39 is 6.09 Å². The minimum atomic E-state index is -0.811. The lowest BCUT2D eigenvalue weighted by atomic mass is 9.79. The number of hydrogen-bond donors (Lipinski definition) is 2. The van der Waals surface area contributed by atoms with Gasteiger partial charge in [-0.2, -0.15) is 5.10 Å². The van der Waals surface area contributed by atoms with E-state index in [4.69, 9.17) is 10.5 Å². The number of rotatable bonds is 5. The van der Waals surface area contributed by atoms with Crippen molar-refractivity contribution < 1.29 is 14.6 Å². The summed E-state index contributed by atoms with van der Waals surface area (Å²) in [6.07, 6.45) is 7.74. The summed E-state index contributed by atoms with van der Waals surface area (Å²) in [6, 6.07) is 2.65. The van der Waals surface area contributed by atoms with E-state index in [1.165, 1.54) is 10.6 Å². The molecule has 1 aromatic carbocycles. The molecule has 0 unspecified atom stereocenters. The molecule has 3 aliphatic rings. The van der Waals surface area contributed by atoms with Crippen molar-refractivity contribution in [1.29, 1.82) is 0 Å². The van der Waals surface area contributed by atoms with Crippen LogP contribution in [-0.2, 0) is 12.5 Å². The van der Waals surface area contributed by atoms with Crippen LogP contribution in [-0.4, -0.2) is 82.2 Å². The van der Waals surface area contributed by atoms with Crippen LogP contribution in [0.5, 0.6) is 5.75 Å². The molecule has 36 heavy (non-hydrogen) atoms. The molecule has 0 atom stereocenters. The second kappa shape index (κ2) is 9.50. The van der Waals surface area contributed by atoms with Gasteiger partial charge in [0.25, 0.3) is 0 Å². The van der Waals surface area contributed by atoms with Crippen LogP contribution in [0.3, 0.4) is 0 Å².